The Bertz CT molecular complexity index is 1360. The van der Waals surface area contributed by atoms with Crippen LogP contribution in [0.3, 0.4) is 0 Å². The van der Waals surface area contributed by atoms with Crippen LogP contribution in [0, 0.1) is 0 Å². The third-order valence-corrected chi connectivity index (χ3v) is 5.33. The van der Waals surface area contributed by atoms with E-state index < -0.39 is 48.5 Å². The summed E-state index contributed by atoms with van der Waals surface area (Å²) in [7, 11) is 0. The number of nitrogens with two attached hydrogens (primary N) is 2. The second-order valence-corrected chi connectivity index (χ2v) is 7.96. The van der Waals surface area contributed by atoms with Gasteiger partial charge >= 0.3 is 11.7 Å². The van der Waals surface area contributed by atoms with Crippen molar-refractivity contribution < 1.29 is 24.6 Å². The predicted octanol–water partition coefficient (Wildman–Crippen LogP) is -0.759. The number of aryl methyl sites for hydroxylation is 1. The van der Waals surface area contributed by atoms with E-state index in [2.05, 4.69) is 20.6 Å². The van der Waals surface area contributed by atoms with Crippen molar-refractivity contribution in [2.75, 3.05) is 13.1 Å². The molecule has 0 aliphatic carbocycles. The van der Waals surface area contributed by atoms with E-state index in [0.29, 0.717) is 6.42 Å². The van der Waals surface area contributed by atoms with Gasteiger partial charge in [0, 0.05) is 18.7 Å². The number of imidazole rings is 1. The van der Waals surface area contributed by atoms with Crippen molar-refractivity contribution in [1.29, 1.82) is 0 Å². The van der Waals surface area contributed by atoms with Crippen molar-refractivity contribution in [2.24, 2.45) is 16.5 Å². The number of amides is 2. The summed E-state index contributed by atoms with van der Waals surface area (Å²) in [5, 5.41) is 26.2. The van der Waals surface area contributed by atoms with Gasteiger partial charge in [0.25, 0.3) is 5.91 Å². The molecule has 2 amide bonds. The van der Waals surface area contributed by atoms with Gasteiger partial charge < -0.3 is 37.3 Å². The first-order valence-corrected chi connectivity index (χ1v) is 11.0. The molecule has 0 spiro atoms. The standard InChI is InChI=1S/C23H27N7O6/c24-22(25)26-9-3-6-16-20(33)30(23(36)29-16)12-18(31)27-11-17(21(34)35)28-19(32)15-8-7-13-4-1-2-5-14(13)10-15/h1-2,4-5,7-8,10,17,33H,3,6,9,11-12H2,(H,27,31)(H,28,32)(H,29,36)(H,34,35)(H4,24,25,26). The number of hydrogen-bond acceptors (Lipinski definition) is 6. The van der Waals surface area contributed by atoms with Crippen LogP contribution in [0.1, 0.15) is 22.5 Å². The van der Waals surface area contributed by atoms with Gasteiger partial charge in [-0.05, 0) is 35.7 Å². The van der Waals surface area contributed by atoms with E-state index in [1.54, 1.807) is 18.2 Å². The summed E-state index contributed by atoms with van der Waals surface area (Å²) in [5.41, 5.74) is 10.3. The molecule has 190 valence electrons. The molecule has 0 saturated heterocycles. The third-order valence-electron chi connectivity index (χ3n) is 5.33. The Morgan fingerprint density at radius 1 is 1.11 bits per heavy atom. The zero-order chi connectivity index (χ0) is 26.2. The summed E-state index contributed by atoms with van der Waals surface area (Å²) in [5.74, 6) is -3.19. The highest BCUT2D eigenvalue weighted by atomic mass is 16.4. The number of aliphatic carboxylic acids is 1. The van der Waals surface area contributed by atoms with Gasteiger partial charge in [-0.15, -0.1) is 0 Å². The van der Waals surface area contributed by atoms with E-state index in [-0.39, 0.29) is 30.2 Å². The number of aromatic hydroxyl groups is 1. The molecule has 0 bridgehead atoms. The van der Waals surface area contributed by atoms with Gasteiger partial charge in [-0.3, -0.25) is 19.1 Å². The molecule has 0 fully saturated rings. The molecule has 36 heavy (non-hydrogen) atoms. The second kappa shape index (κ2) is 11.6. The van der Waals surface area contributed by atoms with Gasteiger partial charge in [0.2, 0.25) is 11.8 Å². The molecule has 2 aromatic carbocycles. The lowest BCUT2D eigenvalue weighted by molar-refractivity contribution is -0.139. The zero-order valence-corrected chi connectivity index (χ0v) is 19.2. The molecule has 0 aliphatic rings. The number of benzene rings is 2. The molecule has 1 atom stereocenters. The van der Waals surface area contributed by atoms with E-state index >= 15 is 0 Å². The summed E-state index contributed by atoms with van der Waals surface area (Å²) in [6.07, 6.45) is 0.698. The number of hydrogen-bond donors (Lipinski definition) is 7. The van der Waals surface area contributed by atoms with Crippen LogP contribution in [0.4, 0.5) is 0 Å². The molecule has 13 heteroatoms. The molecule has 13 nitrogen and oxygen atoms in total. The molecular formula is C23H27N7O6. The molecule has 0 radical (unpaired) electrons. The molecule has 9 N–H and O–H groups in total. The Labute approximate surface area is 204 Å². The molecule has 0 aliphatic heterocycles. The monoisotopic (exact) mass is 497 g/mol. The van der Waals surface area contributed by atoms with Gasteiger partial charge in [0.15, 0.2) is 5.96 Å². The van der Waals surface area contributed by atoms with Crippen LogP contribution in [0.2, 0.25) is 0 Å². The van der Waals surface area contributed by atoms with Crippen LogP contribution in [0.25, 0.3) is 10.8 Å². The Morgan fingerprint density at radius 3 is 2.53 bits per heavy atom. The maximum Gasteiger partial charge on any atom is 0.329 e. The number of carbonyl (C=O) groups excluding carboxylic acids is 2. The zero-order valence-electron chi connectivity index (χ0n) is 19.2. The van der Waals surface area contributed by atoms with Crippen molar-refractivity contribution in [2.45, 2.75) is 25.4 Å². The first-order chi connectivity index (χ1) is 17.2. The van der Waals surface area contributed by atoms with E-state index in [1.165, 1.54) is 0 Å². The fourth-order valence-corrected chi connectivity index (χ4v) is 3.48. The second-order valence-electron chi connectivity index (χ2n) is 7.96. The van der Waals surface area contributed by atoms with Gasteiger partial charge in [0.1, 0.15) is 12.6 Å². The fraction of sp³-hybridized carbons (Fsp3) is 0.261. The Balaban J connectivity index is 1.58. The highest BCUT2D eigenvalue weighted by Gasteiger charge is 2.22. The Hall–Kier alpha value is -4.81. The summed E-state index contributed by atoms with van der Waals surface area (Å²) >= 11 is 0. The Morgan fingerprint density at radius 2 is 1.83 bits per heavy atom. The molecule has 0 saturated carbocycles. The van der Waals surface area contributed by atoms with Crippen LogP contribution >= 0.6 is 0 Å². The van der Waals surface area contributed by atoms with Crippen molar-refractivity contribution >= 4 is 34.5 Å². The van der Waals surface area contributed by atoms with Crippen molar-refractivity contribution in [3.8, 4) is 5.88 Å². The molecular weight excluding hydrogens is 470 g/mol. The minimum absolute atomic E-state index is 0.0740. The predicted molar refractivity (Wildman–Crippen MR) is 132 cm³/mol. The number of guanidine groups is 1. The number of rotatable bonds is 11. The summed E-state index contributed by atoms with van der Waals surface area (Å²) in [4.78, 5) is 55.0. The average Bonchev–Trinajstić information content (AvgIpc) is 3.11. The van der Waals surface area contributed by atoms with Gasteiger partial charge in [-0.1, -0.05) is 30.3 Å². The van der Waals surface area contributed by atoms with E-state index in [4.69, 9.17) is 11.5 Å². The summed E-state index contributed by atoms with van der Waals surface area (Å²) in [6.45, 7) is -0.699. The summed E-state index contributed by atoms with van der Waals surface area (Å²) in [6, 6.07) is 10.9. The number of aromatic amines is 1. The van der Waals surface area contributed by atoms with Crippen LogP contribution < -0.4 is 27.8 Å². The molecule has 1 unspecified atom stereocenters. The molecule has 3 rings (SSSR count). The number of carboxylic acids is 1. The lowest BCUT2D eigenvalue weighted by Gasteiger charge is -2.16. The van der Waals surface area contributed by atoms with Crippen LogP contribution in [-0.2, 0) is 22.6 Å². The van der Waals surface area contributed by atoms with Gasteiger partial charge in [-0.2, -0.15) is 0 Å². The maximum atomic E-state index is 12.6. The fourth-order valence-electron chi connectivity index (χ4n) is 3.48. The van der Waals surface area contributed by atoms with Gasteiger partial charge in [0.05, 0.1) is 5.69 Å². The van der Waals surface area contributed by atoms with Crippen molar-refractivity contribution in [3.05, 3.63) is 64.2 Å². The number of carbonyl (C=O) groups is 3. The highest BCUT2D eigenvalue weighted by molar-refractivity contribution is 6.00. The SMILES string of the molecule is NC(N)=NCCCc1[nH]c(=O)n(CC(=O)NCC(NC(=O)c2ccc3ccccc3c2)C(=O)O)c1O. The van der Waals surface area contributed by atoms with Crippen LogP contribution in [0.5, 0.6) is 5.88 Å². The van der Waals surface area contributed by atoms with Gasteiger partial charge in [-0.25, -0.2) is 9.59 Å². The van der Waals surface area contributed by atoms with Crippen molar-refractivity contribution in [3.63, 3.8) is 0 Å². The minimum Gasteiger partial charge on any atom is -0.493 e. The minimum atomic E-state index is -1.42. The molecule has 3 aromatic rings. The number of carboxylic acid groups (broad SMARTS) is 1. The third kappa shape index (κ3) is 6.62. The normalized spacial score (nSPS) is 11.6. The number of aromatic nitrogens is 2. The topological polar surface area (TPSA) is 218 Å². The lowest BCUT2D eigenvalue weighted by atomic mass is 10.1. The van der Waals surface area contributed by atoms with E-state index in [1.807, 2.05) is 24.3 Å². The number of nitrogens with one attached hydrogen (secondary N) is 3. The molecule has 1 heterocycles. The van der Waals surface area contributed by atoms with Crippen LogP contribution in [0.15, 0.2) is 52.3 Å². The number of fused-ring (bicyclic) bond motifs is 1. The first-order valence-electron chi connectivity index (χ1n) is 11.0. The first kappa shape index (κ1) is 25.8. The maximum absolute atomic E-state index is 12.6. The lowest BCUT2D eigenvalue weighted by Crippen LogP contribution is -2.49. The van der Waals surface area contributed by atoms with Crippen molar-refractivity contribution in [1.82, 2.24) is 20.2 Å². The summed E-state index contributed by atoms with van der Waals surface area (Å²) < 4.78 is 0.814. The average molecular weight is 498 g/mol. The highest BCUT2D eigenvalue weighted by Crippen LogP contribution is 2.16. The van der Waals surface area contributed by atoms with Crippen LogP contribution in [-0.4, -0.2) is 62.6 Å². The largest absolute Gasteiger partial charge is 0.493 e. The number of nitrogens with zero attached hydrogens (tertiary/aromatic N) is 2. The smallest absolute Gasteiger partial charge is 0.329 e. The van der Waals surface area contributed by atoms with E-state index in [0.717, 1.165) is 15.3 Å². The quantitative estimate of drug-likeness (QED) is 0.101. The Kier molecular flexibility index (Phi) is 8.28. The number of H-pyrrole nitrogens is 1. The van der Waals surface area contributed by atoms with E-state index in [9.17, 15) is 29.4 Å². The number of aliphatic imine (C=N–C) groups is 1. The molecule has 1 aromatic heterocycles.